The minimum Gasteiger partial charge on any atom is -0.490 e. The number of hydrogen-bond acceptors (Lipinski definition) is 4. The number of rotatable bonds is 7. The van der Waals surface area contributed by atoms with Gasteiger partial charge in [-0.3, -0.25) is 4.79 Å². The molecule has 0 N–H and O–H groups in total. The van der Waals surface area contributed by atoms with Gasteiger partial charge in [-0.05, 0) is 67.8 Å². The molecule has 4 nitrogen and oxygen atoms in total. The van der Waals surface area contributed by atoms with Crippen LogP contribution in [0.3, 0.4) is 0 Å². The number of nitrogens with zero attached hydrogens (tertiary/aromatic N) is 1. The summed E-state index contributed by atoms with van der Waals surface area (Å²) in [7, 11) is 0. The van der Waals surface area contributed by atoms with Gasteiger partial charge >= 0.3 is 0 Å². The molecule has 1 aliphatic heterocycles. The van der Waals surface area contributed by atoms with E-state index in [1.165, 1.54) is 17.3 Å². The number of benzene rings is 2. The summed E-state index contributed by atoms with van der Waals surface area (Å²) in [6.45, 7) is 6.45. The molecule has 0 aromatic heterocycles. The highest BCUT2D eigenvalue weighted by Crippen LogP contribution is 2.34. The summed E-state index contributed by atoms with van der Waals surface area (Å²) in [5.41, 5.74) is 2.37. The second-order valence-corrected chi connectivity index (χ2v) is 7.73. The molecule has 0 radical (unpaired) electrons. The summed E-state index contributed by atoms with van der Waals surface area (Å²) >= 11 is 7.44. The van der Waals surface area contributed by atoms with Gasteiger partial charge in [0.25, 0.3) is 0 Å². The quantitative estimate of drug-likeness (QED) is 0.619. The molecule has 0 unspecified atom stereocenters. The van der Waals surface area contributed by atoms with Gasteiger partial charge in [0.1, 0.15) is 0 Å². The van der Waals surface area contributed by atoms with E-state index in [4.69, 9.17) is 21.1 Å². The van der Waals surface area contributed by atoms with Crippen LogP contribution in [0.2, 0.25) is 5.02 Å². The van der Waals surface area contributed by atoms with E-state index < -0.39 is 0 Å². The molecule has 0 aliphatic carbocycles. The summed E-state index contributed by atoms with van der Waals surface area (Å²) in [5, 5.41) is 0.704. The Kier molecular flexibility index (Phi) is 6.91. The maximum absolute atomic E-state index is 12.7. The Morgan fingerprint density at radius 1 is 1.07 bits per heavy atom. The van der Waals surface area contributed by atoms with Gasteiger partial charge in [0.2, 0.25) is 5.91 Å². The molecule has 0 spiro atoms. The van der Waals surface area contributed by atoms with Gasteiger partial charge in [0.05, 0.1) is 19.0 Å². The molecule has 1 aliphatic rings. The lowest BCUT2D eigenvalue weighted by atomic mass is 9.99. The molecule has 6 heteroatoms. The Hall–Kier alpha value is -1.85. The van der Waals surface area contributed by atoms with Crippen LogP contribution in [-0.2, 0) is 17.8 Å². The van der Waals surface area contributed by atoms with Crippen LogP contribution < -0.4 is 9.47 Å². The maximum Gasteiger partial charge on any atom is 0.233 e. The highest BCUT2D eigenvalue weighted by atomic mass is 35.5. The minimum absolute atomic E-state index is 0.146. The average molecular weight is 406 g/mol. The van der Waals surface area contributed by atoms with Gasteiger partial charge < -0.3 is 14.4 Å². The molecular formula is C21H24ClNO3S. The number of ether oxygens (including phenoxy) is 2. The molecule has 27 heavy (non-hydrogen) atoms. The van der Waals surface area contributed by atoms with Gasteiger partial charge in [-0.2, -0.15) is 0 Å². The first-order chi connectivity index (χ1) is 13.1. The number of halogens is 1. The van der Waals surface area contributed by atoms with Crippen LogP contribution in [-0.4, -0.2) is 36.3 Å². The van der Waals surface area contributed by atoms with Crippen molar-refractivity contribution in [3.63, 3.8) is 0 Å². The third kappa shape index (κ3) is 5.11. The van der Waals surface area contributed by atoms with E-state index in [0.717, 1.165) is 34.9 Å². The monoisotopic (exact) mass is 405 g/mol. The third-order valence-corrected chi connectivity index (χ3v) is 5.66. The lowest BCUT2D eigenvalue weighted by Gasteiger charge is -2.30. The van der Waals surface area contributed by atoms with Gasteiger partial charge in [-0.15, -0.1) is 11.8 Å². The fourth-order valence-electron chi connectivity index (χ4n) is 3.08. The largest absolute Gasteiger partial charge is 0.490 e. The molecule has 0 saturated carbocycles. The van der Waals surface area contributed by atoms with E-state index in [2.05, 4.69) is 6.07 Å². The number of carbonyl (C=O) groups excluding carboxylic acids is 1. The standard InChI is InChI=1S/C21H24ClNO3S/c1-3-25-19-11-15-9-10-23(13-16(15)12-20(19)26-4-2)21(24)14-27-18-7-5-17(22)6-8-18/h5-8,11-12H,3-4,9-10,13-14H2,1-2H3. The first-order valence-electron chi connectivity index (χ1n) is 9.18. The molecule has 144 valence electrons. The number of amides is 1. The Bertz CT molecular complexity index is 795. The van der Waals surface area contributed by atoms with Crippen LogP contribution in [0.15, 0.2) is 41.3 Å². The fourth-order valence-corrected chi connectivity index (χ4v) is 4.01. The van der Waals surface area contributed by atoms with Crippen LogP contribution in [0.1, 0.15) is 25.0 Å². The summed E-state index contributed by atoms with van der Waals surface area (Å²) in [6.07, 6.45) is 0.833. The van der Waals surface area contributed by atoms with Gasteiger partial charge in [0, 0.05) is 23.0 Å². The fraction of sp³-hybridized carbons (Fsp3) is 0.381. The van der Waals surface area contributed by atoms with Crippen molar-refractivity contribution in [1.82, 2.24) is 4.90 Å². The van der Waals surface area contributed by atoms with E-state index in [0.29, 0.717) is 30.5 Å². The lowest BCUT2D eigenvalue weighted by molar-refractivity contribution is -0.129. The van der Waals surface area contributed by atoms with E-state index in [1.807, 2.05) is 49.1 Å². The molecular weight excluding hydrogens is 382 g/mol. The third-order valence-electron chi connectivity index (χ3n) is 4.41. The second-order valence-electron chi connectivity index (χ2n) is 6.24. The predicted molar refractivity (Wildman–Crippen MR) is 110 cm³/mol. The number of fused-ring (bicyclic) bond motifs is 1. The number of hydrogen-bond donors (Lipinski definition) is 0. The van der Waals surface area contributed by atoms with Gasteiger partial charge in [0.15, 0.2) is 11.5 Å². The van der Waals surface area contributed by atoms with Crippen molar-refractivity contribution in [3.8, 4) is 11.5 Å². The first kappa shape index (κ1) is 19.9. The normalized spacial score (nSPS) is 13.2. The summed E-state index contributed by atoms with van der Waals surface area (Å²) in [5.74, 6) is 2.11. The van der Waals surface area contributed by atoms with Crippen LogP contribution in [0.4, 0.5) is 0 Å². The van der Waals surface area contributed by atoms with Crippen molar-refractivity contribution in [2.75, 3.05) is 25.5 Å². The van der Waals surface area contributed by atoms with Crippen LogP contribution in [0.5, 0.6) is 11.5 Å². The van der Waals surface area contributed by atoms with Crippen molar-refractivity contribution in [3.05, 3.63) is 52.5 Å². The lowest BCUT2D eigenvalue weighted by Crippen LogP contribution is -2.37. The van der Waals surface area contributed by atoms with Crippen LogP contribution in [0.25, 0.3) is 0 Å². The molecule has 0 fully saturated rings. The molecule has 0 saturated heterocycles. The zero-order valence-electron chi connectivity index (χ0n) is 15.7. The van der Waals surface area contributed by atoms with Gasteiger partial charge in [-0.1, -0.05) is 11.6 Å². The van der Waals surface area contributed by atoms with E-state index >= 15 is 0 Å². The predicted octanol–water partition coefficient (Wildman–Crippen LogP) is 4.81. The summed E-state index contributed by atoms with van der Waals surface area (Å²) in [4.78, 5) is 15.6. The van der Waals surface area contributed by atoms with Crippen molar-refractivity contribution < 1.29 is 14.3 Å². The average Bonchev–Trinajstić information content (AvgIpc) is 2.68. The highest BCUT2D eigenvalue weighted by molar-refractivity contribution is 8.00. The maximum atomic E-state index is 12.7. The Balaban J connectivity index is 1.66. The zero-order valence-corrected chi connectivity index (χ0v) is 17.2. The SMILES string of the molecule is CCOc1cc2c(cc1OCC)CN(C(=O)CSc1ccc(Cl)cc1)CC2. The second kappa shape index (κ2) is 9.38. The molecule has 2 aromatic carbocycles. The van der Waals surface area contributed by atoms with Crippen molar-refractivity contribution >= 4 is 29.3 Å². The Morgan fingerprint density at radius 3 is 2.33 bits per heavy atom. The molecule has 3 rings (SSSR count). The van der Waals surface area contributed by atoms with E-state index in [1.54, 1.807) is 0 Å². The van der Waals surface area contributed by atoms with E-state index in [-0.39, 0.29) is 5.91 Å². The smallest absolute Gasteiger partial charge is 0.233 e. The first-order valence-corrected chi connectivity index (χ1v) is 10.5. The number of carbonyl (C=O) groups is 1. The Morgan fingerprint density at radius 2 is 1.70 bits per heavy atom. The van der Waals surface area contributed by atoms with Crippen LogP contribution >= 0.6 is 23.4 Å². The molecule has 1 amide bonds. The molecule has 2 aromatic rings. The Labute approximate surface area is 169 Å². The molecule has 0 atom stereocenters. The minimum atomic E-state index is 0.146. The van der Waals surface area contributed by atoms with Crippen molar-refractivity contribution in [2.24, 2.45) is 0 Å². The molecule has 0 bridgehead atoms. The van der Waals surface area contributed by atoms with Gasteiger partial charge in [-0.25, -0.2) is 0 Å². The summed E-state index contributed by atoms with van der Waals surface area (Å²) < 4.78 is 11.4. The summed E-state index contributed by atoms with van der Waals surface area (Å²) in [6, 6.07) is 11.7. The number of thioether (sulfide) groups is 1. The van der Waals surface area contributed by atoms with Crippen LogP contribution in [0, 0.1) is 0 Å². The van der Waals surface area contributed by atoms with Crippen molar-refractivity contribution in [1.29, 1.82) is 0 Å². The molecule has 1 heterocycles. The van der Waals surface area contributed by atoms with E-state index in [9.17, 15) is 4.79 Å². The zero-order chi connectivity index (χ0) is 19.2. The topological polar surface area (TPSA) is 38.8 Å². The highest BCUT2D eigenvalue weighted by Gasteiger charge is 2.23. The van der Waals surface area contributed by atoms with Crippen molar-refractivity contribution in [2.45, 2.75) is 31.7 Å².